The fourth-order valence-corrected chi connectivity index (χ4v) is 5.99. The van der Waals surface area contributed by atoms with Gasteiger partial charge in [-0.2, -0.15) is 4.31 Å². The van der Waals surface area contributed by atoms with Crippen molar-refractivity contribution >= 4 is 21.6 Å². The minimum absolute atomic E-state index is 0.178. The molecule has 116 valence electrons. The minimum Gasteiger partial charge on any atom is -0.207 e. The number of nitrogens with zero attached hydrogens (tertiary/aromatic N) is 1. The summed E-state index contributed by atoms with van der Waals surface area (Å²) in [6, 6.07) is 7.03. The van der Waals surface area contributed by atoms with Crippen LogP contribution in [0.5, 0.6) is 0 Å². The van der Waals surface area contributed by atoms with Gasteiger partial charge in [0, 0.05) is 17.1 Å². The van der Waals surface area contributed by atoms with Gasteiger partial charge in [-0.1, -0.05) is 43.4 Å². The van der Waals surface area contributed by atoms with Crippen molar-refractivity contribution in [1.82, 2.24) is 4.31 Å². The van der Waals surface area contributed by atoms with Crippen LogP contribution < -0.4 is 0 Å². The van der Waals surface area contributed by atoms with Crippen molar-refractivity contribution in [1.29, 1.82) is 0 Å². The molecule has 1 aromatic carbocycles. The summed E-state index contributed by atoms with van der Waals surface area (Å²) in [5, 5.41) is 0.480. The molecule has 0 aromatic heterocycles. The molecule has 3 rings (SSSR count). The van der Waals surface area contributed by atoms with E-state index in [1.54, 1.807) is 24.3 Å². The first-order valence-electron chi connectivity index (χ1n) is 7.88. The Morgan fingerprint density at radius 2 is 1.48 bits per heavy atom. The smallest absolute Gasteiger partial charge is 0.207 e. The summed E-state index contributed by atoms with van der Waals surface area (Å²) in [4.78, 5) is 0.341. The first-order valence-corrected chi connectivity index (χ1v) is 9.70. The molecule has 2 saturated carbocycles. The highest BCUT2D eigenvalue weighted by molar-refractivity contribution is 7.89. The predicted molar refractivity (Wildman–Crippen MR) is 85.0 cm³/mol. The minimum atomic E-state index is -3.44. The van der Waals surface area contributed by atoms with Crippen LogP contribution in [0.4, 0.5) is 0 Å². The second-order valence-corrected chi connectivity index (χ2v) is 8.45. The topological polar surface area (TPSA) is 37.4 Å². The third kappa shape index (κ3) is 3.13. The molecule has 0 aliphatic heterocycles. The number of rotatable bonds is 4. The van der Waals surface area contributed by atoms with Crippen LogP contribution in [0.3, 0.4) is 0 Å². The van der Waals surface area contributed by atoms with Crippen LogP contribution >= 0.6 is 11.6 Å². The highest BCUT2D eigenvalue weighted by Crippen LogP contribution is 2.36. The van der Waals surface area contributed by atoms with Crippen molar-refractivity contribution < 1.29 is 8.42 Å². The van der Waals surface area contributed by atoms with Gasteiger partial charge >= 0.3 is 0 Å². The van der Waals surface area contributed by atoms with Gasteiger partial charge in [-0.15, -0.1) is 0 Å². The van der Waals surface area contributed by atoms with Crippen molar-refractivity contribution in [3.8, 4) is 0 Å². The van der Waals surface area contributed by atoms with Gasteiger partial charge in [0.15, 0.2) is 0 Å². The van der Waals surface area contributed by atoms with Crippen LogP contribution in [0.25, 0.3) is 0 Å². The van der Waals surface area contributed by atoms with Gasteiger partial charge in [-0.25, -0.2) is 8.42 Å². The molecular formula is C16H22ClNO2S. The lowest BCUT2D eigenvalue weighted by Gasteiger charge is -2.33. The van der Waals surface area contributed by atoms with Gasteiger partial charge in [-0.3, -0.25) is 0 Å². The van der Waals surface area contributed by atoms with Crippen LogP contribution in [0.2, 0.25) is 5.02 Å². The Labute approximate surface area is 132 Å². The summed E-state index contributed by atoms with van der Waals surface area (Å²) in [7, 11) is -3.44. The summed E-state index contributed by atoms with van der Waals surface area (Å²) in [5.41, 5.74) is 0. The number of hydrogen-bond acceptors (Lipinski definition) is 2. The molecule has 0 radical (unpaired) electrons. The number of halogens is 1. The Morgan fingerprint density at radius 1 is 0.952 bits per heavy atom. The van der Waals surface area contributed by atoms with E-state index in [9.17, 15) is 8.42 Å². The van der Waals surface area contributed by atoms with Crippen LogP contribution in [0.1, 0.15) is 51.4 Å². The lowest BCUT2D eigenvalue weighted by atomic mass is 10.2. The zero-order chi connectivity index (χ0) is 14.9. The third-order valence-electron chi connectivity index (χ3n) is 4.74. The van der Waals surface area contributed by atoms with E-state index in [-0.39, 0.29) is 12.1 Å². The molecule has 1 aromatic rings. The van der Waals surface area contributed by atoms with Gasteiger partial charge in [0.05, 0.1) is 4.90 Å². The van der Waals surface area contributed by atoms with Gasteiger partial charge < -0.3 is 0 Å². The Hall–Kier alpha value is -0.580. The van der Waals surface area contributed by atoms with Crippen LogP contribution in [0.15, 0.2) is 29.2 Å². The standard InChI is InChI=1S/C16H22ClNO2S/c17-13-6-5-11-16(12-13)21(19,20)18(14-7-1-2-8-14)15-9-3-4-10-15/h5-6,11-12,14-15H,1-4,7-10H2. The average Bonchev–Trinajstić information content (AvgIpc) is 3.12. The van der Waals surface area contributed by atoms with Gasteiger partial charge in [0.25, 0.3) is 0 Å². The summed E-state index contributed by atoms with van der Waals surface area (Å²) in [6.07, 6.45) is 8.54. The van der Waals surface area contributed by atoms with Crippen LogP contribution in [-0.4, -0.2) is 24.8 Å². The Balaban J connectivity index is 1.97. The third-order valence-corrected chi connectivity index (χ3v) is 6.98. The fraction of sp³-hybridized carbons (Fsp3) is 0.625. The van der Waals surface area contributed by atoms with E-state index in [1.807, 2.05) is 4.31 Å². The first-order chi connectivity index (χ1) is 10.1. The van der Waals surface area contributed by atoms with Crippen molar-refractivity contribution in [3.63, 3.8) is 0 Å². The average molecular weight is 328 g/mol. The van der Waals surface area contributed by atoms with E-state index < -0.39 is 10.0 Å². The van der Waals surface area contributed by atoms with Crippen molar-refractivity contribution in [2.75, 3.05) is 0 Å². The van der Waals surface area contributed by atoms with E-state index in [0.29, 0.717) is 9.92 Å². The second-order valence-electron chi connectivity index (χ2n) is 6.17. The van der Waals surface area contributed by atoms with Gasteiger partial charge in [-0.05, 0) is 43.9 Å². The van der Waals surface area contributed by atoms with Crippen LogP contribution in [0, 0.1) is 0 Å². The SMILES string of the molecule is O=S(=O)(c1cccc(Cl)c1)N(C1CCCC1)C1CCCC1. The number of hydrogen-bond donors (Lipinski definition) is 0. The highest BCUT2D eigenvalue weighted by Gasteiger charge is 2.39. The quantitative estimate of drug-likeness (QED) is 0.830. The second kappa shape index (κ2) is 6.27. The maximum atomic E-state index is 13.1. The Morgan fingerprint density at radius 3 is 1.95 bits per heavy atom. The largest absolute Gasteiger partial charge is 0.243 e. The predicted octanol–water partition coefficient (Wildman–Crippen LogP) is 4.22. The fourth-order valence-electron chi connectivity index (χ4n) is 3.76. The molecule has 0 atom stereocenters. The summed E-state index contributed by atoms with van der Waals surface area (Å²) in [5.74, 6) is 0. The lowest BCUT2D eigenvalue weighted by molar-refractivity contribution is 0.252. The maximum Gasteiger partial charge on any atom is 0.243 e. The molecule has 21 heavy (non-hydrogen) atoms. The zero-order valence-corrected chi connectivity index (χ0v) is 13.7. The molecule has 0 spiro atoms. The molecule has 0 bridgehead atoms. The number of sulfonamides is 1. The molecule has 0 unspecified atom stereocenters. The summed E-state index contributed by atoms with van der Waals surface area (Å²) in [6.45, 7) is 0. The van der Waals surface area contributed by atoms with E-state index >= 15 is 0 Å². The first kappa shape index (κ1) is 15.3. The maximum absolute atomic E-state index is 13.1. The molecule has 0 saturated heterocycles. The van der Waals surface area contributed by atoms with Crippen molar-refractivity contribution in [2.24, 2.45) is 0 Å². The van der Waals surface area contributed by atoms with E-state index in [2.05, 4.69) is 0 Å². The molecule has 5 heteroatoms. The van der Waals surface area contributed by atoms with Crippen molar-refractivity contribution in [3.05, 3.63) is 29.3 Å². The summed E-state index contributed by atoms with van der Waals surface area (Å²) < 4.78 is 28.1. The molecule has 0 heterocycles. The zero-order valence-electron chi connectivity index (χ0n) is 12.2. The van der Waals surface area contributed by atoms with Gasteiger partial charge in [0.2, 0.25) is 10.0 Å². The normalized spacial score (nSPS) is 21.4. The Kier molecular flexibility index (Phi) is 4.57. The molecule has 0 amide bonds. The molecule has 2 fully saturated rings. The van der Waals surface area contributed by atoms with Crippen LogP contribution in [-0.2, 0) is 10.0 Å². The molecular weight excluding hydrogens is 306 g/mol. The monoisotopic (exact) mass is 327 g/mol. The van der Waals surface area contributed by atoms with E-state index in [1.165, 1.54) is 0 Å². The highest BCUT2D eigenvalue weighted by atomic mass is 35.5. The van der Waals surface area contributed by atoms with E-state index in [4.69, 9.17) is 11.6 Å². The van der Waals surface area contributed by atoms with E-state index in [0.717, 1.165) is 51.4 Å². The number of benzene rings is 1. The van der Waals surface area contributed by atoms with Crippen molar-refractivity contribution in [2.45, 2.75) is 68.3 Å². The Bertz CT molecular complexity index is 574. The molecule has 3 nitrogen and oxygen atoms in total. The lowest BCUT2D eigenvalue weighted by Crippen LogP contribution is -2.45. The molecule has 0 N–H and O–H groups in total. The molecule has 2 aliphatic rings. The van der Waals surface area contributed by atoms with Gasteiger partial charge in [0.1, 0.15) is 0 Å². The summed E-state index contributed by atoms with van der Waals surface area (Å²) >= 11 is 5.99. The molecule has 2 aliphatic carbocycles.